The van der Waals surface area contributed by atoms with E-state index in [-0.39, 0.29) is 17.2 Å². The van der Waals surface area contributed by atoms with Crippen LogP contribution in [0.15, 0.2) is 23.3 Å². The van der Waals surface area contributed by atoms with Gasteiger partial charge in [0, 0.05) is 30.5 Å². The van der Waals surface area contributed by atoms with E-state index in [0.29, 0.717) is 11.6 Å². The van der Waals surface area contributed by atoms with Gasteiger partial charge in [0.2, 0.25) is 0 Å². The lowest BCUT2D eigenvalue weighted by Crippen LogP contribution is -3.16. The molecule has 152 valence electrons. The van der Waals surface area contributed by atoms with Crippen molar-refractivity contribution in [3.05, 3.63) is 28.3 Å². The van der Waals surface area contributed by atoms with Crippen molar-refractivity contribution < 1.29 is 19.8 Å². The highest BCUT2D eigenvalue weighted by Gasteiger charge is 2.34. The van der Waals surface area contributed by atoms with Gasteiger partial charge in [-0.1, -0.05) is 0 Å². The fourth-order valence-electron chi connectivity index (χ4n) is 4.66. The van der Waals surface area contributed by atoms with E-state index in [2.05, 4.69) is 15.4 Å². The Bertz CT molecular complexity index is 739. The van der Waals surface area contributed by atoms with Crippen LogP contribution in [0.2, 0.25) is 0 Å². The van der Waals surface area contributed by atoms with E-state index in [1.54, 1.807) is 11.0 Å². The maximum atomic E-state index is 11.5. The van der Waals surface area contributed by atoms with Gasteiger partial charge in [-0.25, -0.2) is 0 Å². The van der Waals surface area contributed by atoms with Crippen molar-refractivity contribution in [3.63, 3.8) is 0 Å². The number of nitro groups is 1. The number of nitrogens with one attached hydrogen (secondary N) is 3. The van der Waals surface area contributed by atoms with Gasteiger partial charge in [-0.05, 0) is 12.1 Å². The molecule has 2 bridgehead atoms. The number of hydrazone groups is 1. The summed E-state index contributed by atoms with van der Waals surface area (Å²) in [6.07, 6.45) is 2.33. The lowest BCUT2D eigenvalue weighted by atomic mass is 9.87. The molecule has 0 radical (unpaired) electrons. The van der Waals surface area contributed by atoms with Crippen molar-refractivity contribution in [1.29, 1.82) is 0 Å². The van der Waals surface area contributed by atoms with Crippen LogP contribution in [0.1, 0.15) is 12.8 Å². The Balaban J connectivity index is 1.49. The van der Waals surface area contributed by atoms with E-state index >= 15 is 0 Å². The summed E-state index contributed by atoms with van der Waals surface area (Å²) in [4.78, 5) is 16.3. The number of nitro benzene ring substituents is 1. The van der Waals surface area contributed by atoms with E-state index in [1.807, 2.05) is 12.1 Å². The van der Waals surface area contributed by atoms with Gasteiger partial charge in [-0.15, -0.1) is 0 Å². The van der Waals surface area contributed by atoms with Gasteiger partial charge in [-0.3, -0.25) is 15.5 Å². The third-order valence-electron chi connectivity index (χ3n) is 6.39. The molecule has 9 nitrogen and oxygen atoms in total. The number of rotatable bonds is 6. The summed E-state index contributed by atoms with van der Waals surface area (Å²) in [7, 11) is 0. The number of anilines is 2. The van der Waals surface area contributed by atoms with Crippen LogP contribution in [0.4, 0.5) is 17.1 Å². The van der Waals surface area contributed by atoms with Crippen LogP contribution in [-0.4, -0.2) is 74.7 Å². The van der Waals surface area contributed by atoms with Crippen molar-refractivity contribution in [3.8, 4) is 0 Å². The Hall–Kier alpha value is -2.23. The second-order valence-corrected chi connectivity index (χ2v) is 8.09. The first-order chi connectivity index (χ1) is 13.6. The van der Waals surface area contributed by atoms with Gasteiger partial charge in [0.15, 0.2) is 0 Å². The quantitative estimate of drug-likeness (QED) is 0.345. The SMILES string of the molecule is O=[N+]([O-])c1ccc(N2CC[NH+](CCO)CC2)cc1N/N=C1/C[NH+]2CCC1CC2. The van der Waals surface area contributed by atoms with E-state index in [1.165, 1.54) is 30.8 Å². The molecule has 9 heteroatoms. The third-order valence-corrected chi connectivity index (χ3v) is 6.39. The van der Waals surface area contributed by atoms with E-state index in [9.17, 15) is 10.1 Å². The highest BCUT2D eigenvalue weighted by Crippen LogP contribution is 2.30. The molecule has 4 N–H and O–H groups in total. The van der Waals surface area contributed by atoms with Crippen molar-refractivity contribution in [2.24, 2.45) is 11.0 Å². The molecule has 0 spiro atoms. The number of aliphatic hydroxyl groups is 1. The first-order valence-corrected chi connectivity index (χ1v) is 10.3. The molecule has 4 aliphatic heterocycles. The number of quaternary nitrogens is 2. The molecular weight excluding hydrogens is 360 g/mol. The van der Waals surface area contributed by atoms with Crippen LogP contribution in [0.3, 0.4) is 0 Å². The monoisotopic (exact) mass is 390 g/mol. The Labute approximate surface area is 164 Å². The molecule has 0 unspecified atom stereocenters. The van der Waals surface area contributed by atoms with Crippen LogP contribution in [0.25, 0.3) is 0 Å². The topological polar surface area (TPSA) is 99.9 Å². The standard InChI is InChI=1S/C19H28N6O3/c26-12-11-22-7-9-24(10-8-22)16-1-2-19(25(27)28)17(13-16)20-21-18-14-23-5-3-15(18)4-6-23/h1-2,13,15,20,26H,3-12,14H2/p+2/b21-18-. The number of hydrogen-bond acceptors (Lipinski definition) is 6. The van der Waals surface area contributed by atoms with Crippen molar-refractivity contribution in [1.82, 2.24) is 0 Å². The molecule has 4 saturated heterocycles. The number of piperidine rings is 3. The summed E-state index contributed by atoms with van der Waals surface area (Å²) in [5, 5.41) is 25.2. The first kappa shape index (κ1) is 19.1. The molecule has 4 fully saturated rings. The number of fused-ring (bicyclic) bond motifs is 3. The first-order valence-electron chi connectivity index (χ1n) is 10.3. The second-order valence-electron chi connectivity index (χ2n) is 8.09. The molecule has 4 aliphatic rings. The lowest BCUT2D eigenvalue weighted by molar-refractivity contribution is -0.902. The van der Waals surface area contributed by atoms with Crippen LogP contribution in [-0.2, 0) is 0 Å². The minimum Gasteiger partial charge on any atom is -0.391 e. The predicted molar refractivity (Wildman–Crippen MR) is 107 cm³/mol. The summed E-state index contributed by atoms with van der Waals surface area (Å²) >= 11 is 0. The summed E-state index contributed by atoms with van der Waals surface area (Å²) in [5.74, 6) is 0.523. The summed E-state index contributed by atoms with van der Waals surface area (Å²) in [6, 6.07) is 5.26. The Morgan fingerprint density at radius 1 is 1.25 bits per heavy atom. The van der Waals surface area contributed by atoms with Crippen molar-refractivity contribution >= 4 is 22.8 Å². The highest BCUT2D eigenvalue weighted by molar-refractivity contribution is 5.89. The molecule has 4 heterocycles. The van der Waals surface area contributed by atoms with Crippen molar-refractivity contribution in [2.45, 2.75) is 12.8 Å². The fourth-order valence-corrected chi connectivity index (χ4v) is 4.66. The lowest BCUT2D eigenvalue weighted by Gasteiger charge is -2.36. The van der Waals surface area contributed by atoms with Gasteiger partial charge < -0.3 is 19.8 Å². The van der Waals surface area contributed by atoms with E-state index in [0.717, 1.165) is 50.7 Å². The van der Waals surface area contributed by atoms with Crippen LogP contribution < -0.4 is 20.1 Å². The maximum absolute atomic E-state index is 11.5. The molecule has 28 heavy (non-hydrogen) atoms. The number of hydrogen-bond donors (Lipinski definition) is 4. The van der Waals surface area contributed by atoms with Gasteiger partial charge in [0.1, 0.15) is 18.8 Å². The molecule has 0 saturated carbocycles. The summed E-state index contributed by atoms with van der Waals surface area (Å²) < 4.78 is 0. The zero-order chi connectivity index (χ0) is 19.5. The van der Waals surface area contributed by atoms with Crippen LogP contribution in [0.5, 0.6) is 0 Å². The Kier molecular flexibility index (Phi) is 5.74. The van der Waals surface area contributed by atoms with Gasteiger partial charge in [0.25, 0.3) is 5.69 Å². The molecule has 0 aliphatic carbocycles. The minimum atomic E-state index is -0.350. The minimum absolute atomic E-state index is 0.0614. The van der Waals surface area contributed by atoms with Crippen LogP contribution >= 0.6 is 0 Å². The summed E-state index contributed by atoms with van der Waals surface area (Å²) in [5.41, 5.74) is 5.68. The molecule has 1 aromatic carbocycles. The van der Waals surface area contributed by atoms with Gasteiger partial charge in [-0.2, -0.15) is 5.10 Å². The largest absolute Gasteiger partial charge is 0.391 e. The maximum Gasteiger partial charge on any atom is 0.294 e. The summed E-state index contributed by atoms with van der Waals surface area (Å²) in [6.45, 7) is 8.03. The third kappa shape index (κ3) is 4.11. The molecule has 1 aromatic rings. The number of benzene rings is 1. The highest BCUT2D eigenvalue weighted by atomic mass is 16.6. The fraction of sp³-hybridized carbons (Fsp3) is 0.632. The molecule has 5 rings (SSSR count). The molecule has 0 atom stereocenters. The average Bonchev–Trinajstić information content (AvgIpc) is 2.73. The van der Waals surface area contributed by atoms with E-state index < -0.39 is 0 Å². The normalized spacial score (nSPS) is 26.6. The zero-order valence-electron chi connectivity index (χ0n) is 16.2. The zero-order valence-corrected chi connectivity index (χ0v) is 16.2. The number of piperazine rings is 1. The van der Waals surface area contributed by atoms with E-state index in [4.69, 9.17) is 5.11 Å². The second kappa shape index (κ2) is 8.42. The van der Waals surface area contributed by atoms with Crippen molar-refractivity contribution in [2.75, 3.05) is 69.3 Å². The Morgan fingerprint density at radius 2 is 2.00 bits per heavy atom. The molecule has 0 aromatic heterocycles. The van der Waals surface area contributed by atoms with Gasteiger partial charge in [0.05, 0.1) is 56.5 Å². The van der Waals surface area contributed by atoms with Gasteiger partial charge >= 0.3 is 0 Å². The Morgan fingerprint density at radius 3 is 2.61 bits per heavy atom. The number of nitrogens with zero attached hydrogens (tertiary/aromatic N) is 3. The smallest absolute Gasteiger partial charge is 0.294 e. The molecule has 0 amide bonds. The van der Waals surface area contributed by atoms with Crippen LogP contribution in [0, 0.1) is 16.0 Å². The molecular formula is C19H30N6O3+2. The number of aliphatic hydroxyl groups excluding tert-OH is 1. The predicted octanol–water partition coefficient (Wildman–Crippen LogP) is -1.63. The average molecular weight is 390 g/mol.